The summed E-state index contributed by atoms with van der Waals surface area (Å²) in [5.74, 6) is 1.95. The number of methoxy groups -OCH3 is 2. The van der Waals surface area contributed by atoms with Crippen molar-refractivity contribution in [1.82, 2.24) is 15.1 Å². The van der Waals surface area contributed by atoms with Crippen molar-refractivity contribution in [3.05, 3.63) is 54.1 Å². The molecule has 1 heterocycles. The third-order valence-electron chi connectivity index (χ3n) is 4.30. The molecule has 0 radical (unpaired) electrons. The molecule has 2 aromatic carbocycles. The number of amides is 1. The Bertz CT molecular complexity index is 946. The van der Waals surface area contributed by atoms with Crippen molar-refractivity contribution in [3.8, 4) is 23.0 Å². The fraction of sp³-hybridized carbons (Fsp3) is 0.286. The molecule has 0 saturated carbocycles. The van der Waals surface area contributed by atoms with Gasteiger partial charge < -0.3 is 18.8 Å². The highest BCUT2D eigenvalue weighted by Crippen LogP contribution is 2.28. The van der Waals surface area contributed by atoms with Crippen LogP contribution in [0.15, 0.2) is 58.2 Å². The predicted octanol–water partition coefficient (Wildman–Crippen LogP) is 3.89. The predicted molar refractivity (Wildman–Crippen MR) is 111 cm³/mol. The summed E-state index contributed by atoms with van der Waals surface area (Å²) < 4.78 is 16.2. The molecule has 29 heavy (non-hydrogen) atoms. The van der Waals surface area contributed by atoms with Crippen molar-refractivity contribution < 1.29 is 18.7 Å². The number of carbonyl (C=O) groups is 1. The van der Waals surface area contributed by atoms with Crippen molar-refractivity contribution >= 4 is 17.7 Å². The lowest BCUT2D eigenvalue weighted by atomic mass is 10.2. The molecular weight excluding hydrogens is 390 g/mol. The number of hydrogen-bond acceptors (Lipinski definition) is 7. The topological polar surface area (TPSA) is 77.7 Å². The van der Waals surface area contributed by atoms with E-state index >= 15 is 0 Å². The van der Waals surface area contributed by atoms with Gasteiger partial charge in [0.1, 0.15) is 0 Å². The summed E-state index contributed by atoms with van der Waals surface area (Å²) in [5, 5.41) is 8.44. The molecular formula is C21H23N3O4S. The van der Waals surface area contributed by atoms with Crippen LogP contribution in [-0.4, -0.2) is 47.5 Å². The second-order valence-corrected chi connectivity index (χ2v) is 7.05. The summed E-state index contributed by atoms with van der Waals surface area (Å²) in [4.78, 5) is 14.4. The van der Waals surface area contributed by atoms with Crippen molar-refractivity contribution in [2.24, 2.45) is 0 Å². The van der Waals surface area contributed by atoms with Gasteiger partial charge in [-0.2, -0.15) is 0 Å². The molecule has 0 aliphatic carbocycles. The van der Waals surface area contributed by atoms with Crippen LogP contribution in [0, 0.1) is 0 Å². The zero-order valence-electron chi connectivity index (χ0n) is 16.6. The van der Waals surface area contributed by atoms with Crippen molar-refractivity contribution in [3.63, 3.8) is 0 Å². The largest absolute Gasteiger partial charge is 0.493 e. The zero-order chi connectivity index (χ0) is 20.6. The Morgan fingerprint density at radius 3 is 2.52 bits per heavy atom. The van der Waals surface area contributed by atoms with Gasteiger partial charge in [-0.25, -0.2) is 0 Å². The number of aromatic nitrogens is 2. The van der Waals surface area contributed by atoms with Gasteiger partial charge in [0.05, 0.1) is 20.0 Å². The molecule has 3 rings (SSSR count). The lowest BCUT2D eigenvalue weighted by molar-refractivity contribution is -0.128. The molecule has 0 atom stereocenters. The molecule has 1 amide bonds. The summed E-state index contributed by atoms with van der Waals surface area (Å²) in [6.07, 6.45) is 0. The summed E-state index contributed by atoms with van der Waals surface area (Å²) in [6, 6.07) is 15.2. The number of rotatable bonds is 9. The number of hydrogen-bond donors (Lipinski definition) is 0. The van der Waals surface area contributed by atoms with Crippen molar-refractivity contribution in [2.45, 2.75) is 18.7 Å². The lowest BCUT2D eigenvalue weighted by Gasteiger charge is -2.21. The van der Waals surface area contributed by atoms with E-state index in [0.717, 1.165) is 11.1 Å². The van der Waals surface area contributed by atoms with Crippen LogP contribution in [0.1, 0.15) is 12.5 Å². The number of carbonyl (C=O) groups excluding carboxylic acids is 1. The average molecular weight is 413 g/mol. The molecule has 0 N–H and O–H groups in total. The molecule has 1 aromatic heterocycles. The average Bonchev–Trinajstić information content (AvgIpc) is 3.25. The highest BCUT2D eigenvalue weighted by molar-refractivity contribution is 7.99. The van der Waals surface area contributed by atoms with E-state index in [4.69, 9.17) is 13.9 Å². The van der Waals surface area contributed by atoms with Crippen molar-refractivity contribution in [2.75, 3.05) is 26.5 Å². The Morgan fingerprint density at radius 1 is 1.07 bits per heavy atom. The Hall–Kier alpha value is -3.00. The Labute approximate surface area is 174 Å². The highest BCUT2D eigenvalue weighted by atomic mass is 32.2. The van der Waals surface area contributed by atoms with E-state index in [1.54, 1.807) is 19.1 Å². The number of thioether (sulfide) groups is 1. The van der Waals surface area contributed by atoms with Crippen LogP contribution < -0.4 is 9.47 Å². The van der Waals surface area contributed by atoms with Gasteiger partial charge in [0, 0.05) is 18.7 Å². The van der Waals surface area contributed by atoms with Gasteiger partial charge in [0.2, 0.25) is 11.8 Å². The van der Waals surface area contributed by atoms with Crippen LogP contribution in [-0.2, 0) is 11.3 Å². The molecule has 0 aliphatic rings. The highest BCUT2D eigenvalue weighted by Gasteiger charge is 2.16. The zero-order valence-corrected chi connectivity index (χ0v) is 17.4. The third kappa shape index (κ3) is 5.29. The van der Waals surface area contributed by atoms with Gasteiger partial charge in [-0.3, -0.25) is 4.79 Å². The van der Waals surface area contributed by atoms with Crippen LogP contribution in [0.5, 0.6) is 11.5 Å². The van der Waals surface area contributed by atoms with Gasteiger partial charge in [-0.1, -0.05) is 36.0 Å². The van der Waals surface area contributed by atoms with Crippen LogP contribution >= 0.6 is 11.8 Å². The number of nitrogens with zero attached hydrogens (tertiary/aromatic N) is 3. The van der Waals surface area contributed by atoms with E-state index in [2.05, 4.69) is 10.2 Å². The van der Waals surface area contributed by atoms with Crippen LogP contribution in [0.25, 0.3) is 11.5 Å². The maximum atomic E-state index is 12.7. The summed E-state index contributed by atoms with van der Waals surface area (Å²) in [7, 11) is 3.19. The van der Waals surface area contributed by atoms with E-state index in [0.29, 0.717) is 35.7 Å². The number of ether oxygens (including phenoxy) is 2. The number of benzene rings is 2. The molecule has 7 nitrogen and oxygen atoms in total. The molecule has 0 aliphatic heterocycles. The van der Waals surface area contributed by atoms with E-state index in [1.807, 2.05) is 55.5 Å². The summed E-state index contributed by atoms with van der Waals surface area (Å²) in [6.45, 7) is 3.02. The Balaban J connectivity index is 1.60. The first-order chi connectivity index (χ1) is 14.1. The quantitative estimate of drug-likeness (QED) is 0.492. The van der Waals surface area contributed by atoms with Gasteiger partial charge in [0.25, 0.3) is 5.22 Å². The summed E-state index contributed by atoms with van der Waals surface area (Å²) >= 11 is 1.24. The van der Waals surface area contributed by atoms with Gasteiger partial charge in [0.15, 0.2) is 11.5 Å². The summed E-state index contributed by atoms with van der Waals surface area (Å²) in [5.41, 5.74) is 1.81. The molecule has 3 aromatic rings. The van der Waals surface area contributed by atoms with Crippen LogP contribution in [0.4, 0.5) is 0 Å². The monoisotopic (exact) mass is 413 g/mol. The second-order valence-electron chi connectivity index (χ2n) is 6.13. The van der Waals surface area contributed by atoms with Crippen molar-refractivity contribution in [1.29, 1.82) is 0 Å². The molecule has 0 bridgehead atoms. The molecule has 0 fully saturated rings. The van der Waals surface area contributed by atoms with Crippen LogP contribution in [0.3, 0.4) is 0 Å². The molecule has 0 unspecified atom stereocenters. The minimum Gasteiger partial charge on any atom is -0.493 e. The first-order valence-electron chi connectivity index (χ1n) is 9.15. The van der Waals surface area contributed by atoms with E-state index in [-0.39, 0.29) is 11.7 Å². The normalized spacial score (nSPS) is 10.6. The minimum atomic E-state index is -0.00764. The third-order valence-corrected chi connectivity index (χ3v) is 5.11. The minimum absolute atomic E-state index is 0.00764. The molecule has 0 saturated heterocycles. The fourth-order valence-corrected chi connectivity index (χ4v) is 3.42. The maximum Gasteiger partial charge on any atom is 0.277 e. The smallest absolute Gasteiger partial charge is 0.277 e. The standard InChI is InChI=1S/C21H23N3O4S/c1-4-24(13-15-10-11-17(26-2)18(12-15)27-3)19(25)14-29-21-23-22-20(28-21)16-8-6-5-7-9-16/h5-12H,4,13-14H2,1-3H3. The first-order valence-corrected chi connectivity index (χ1v) is 10.1. The Kier molecular flexibility index (Phi) is 7.13. The maximum absolute atomic E-state index is 12.7. The van der Waals surface area contributed by atoms with E-state index in [9.17, 15) is 4.79 Å². The fourth-order valence-electron chi connectivity index (χ4n) is 2.76. The lowest BCUT2D eigenvalue weighted by Crippen LogP contribution is -2.31. The van der Waals surface area contributed by atoms with E-state index < -0.39 is 0 Å². The Morgan fingerprint density at radius 2 is 1.83 bits per heavy atom. The van der Waals surface area contributed by atoms with Gasteiger partial charge in [-0.15, -0.1) is 10.2 Å². The SMILES string of the molecule is CCN(Cc1ccc(OC)c(OC)c1)C(=O)CSc1nnc(-c2ccccc2)o1. The molecule has 8 heteroatoms. The molecule has 152 valence electrons. The van der Waals surface area contributed by atoms with Crippen LogP contribution in [0.2, 0.25) is 0 Å². The van der Waals surface area contributed by atoms with Gasteiger partial charge in [-0.05, 0) is 36.8 Å². The first kappa shape index (κ1) is 20.7. The van der Waals surface area contributed by atoms with Gasteiger partial charge >= 0.3 is 0 Å². The second kappa shape index (κ2) is 9.97. The van der Waals surface area contributed by atoms with E-state index in [1.165, 1.54) is 11.8 Å². The molecule has 0 spiro atoms.